The third-order valence-electron chi connectivity index (χ3n) is 11.0. The van der Waals surface area contributed by atoms with Crippen LogP contribution in [0.1, 0.15) is 251 Å². The predicted octanol–water partition coefficient (Wildman–Crippen LogP) is 15.5. The maximum Gasteiger partial charge on any atom is 0.220 e. The van der Waals surface area contributed by atoms with Crippen molar-refractivity contribution in [3.63, 3.8) is 0 Å². The number of hydrogen-bond donors (Lipinski definition) is 3. The first-order chi connectivity index (χ1) is 27.2. The highest BCUT2D eigenvalue weighted by Crippen LogP contribution is 2.15. The van der Waals surface area contributed by atoms with Crippen LogP contribution in [-0.4, -0.2) is 34.9 Å². The Labute approximate surface area is 344 Å². The van der Waals surface area contributed by atoms with Crippen molar-refractivity contribution in [2.75, 3.05) is 6.61 Å². The zero-order valence-electron chi connectivity index (χ0n) is 36.9. The molecule has 2 unspecified atom stereocenters. The lowest BCUT2D eigenvalue weighted by Crippen LogP contribution is -2.45. The van der Waals surface area contributed by atoms with Gasteiger partial charge in [0, 0.05) is 6.42 Å². The molecule has 2 atom stereocenters. The van der Waals surface area contributed by atoms with Gasteiger partial charge in [0.2, 0.25) is 5.91 Å². The summed E-state index contributed by atoms with van der Waals surface area (Å²) in [4.78, 5) is 12.4. The molecule has 1 amide bonds. The van der Waals surface area contributed by atoms with Gasteiger partial charge in [-0.1, -0.05) is 223 Å². The molecule has 0 fully saturated rings. The van der Waals surface area contributed by atoms with E-state index in [1.54, 1.807) is 6.08 Å². The summed E-state index contributed by atoms with van der Waals surface area (Å²) >= 11 is 0. The van der Waals surface area contributed by atoms with E-state index >= 15 is 0 Å². The number of nitrogens with one attached hydrogen (secondary N) is 1. The SMILES string of the molecule is CCCCCCC/C=C\CCCCCCCC(=O)NC(CO)C(O)/C=C/CC/C=C/CC/C=C/CCCCCCCCCCCCCCCCCCCCC. The van der Waals surface area contributed by atoms with Crippen LogP contribution in [0.2, 0.25) is 0 Å². The average Bonchev–Trinajstić information content (AvgIpc) is 3.19. The van der Waals surface area contributed by atoms with Crippen LogP contribution < -0.4 is 5.32 Å². The van der Waals surface area contributed by atoms with Crippen molar-refractivity contribution in [2.45, 2.75) is 264 Å². The number of amides is 1. The van der Waals surface area contributed by atoms with Crippen molar-refractivity contribution in [3.8, 4) is 0 Å². The smallest absolute Gasteiger partial charge is 0.220 e. The fourth-order valence-corrected chi connectivity index (χ4v) is 7.26. The standard InChI is InChI=1S/C51H95NO3/c1-3-5-7-9-11-13-15-17-19-20-21-22-23-24-25-26-27-28-29-30-31-32-33-34-36-38-40-42-44-46-50(54)49(48-53)52-51(55)47-45-43-41-39-37-35-18-16-14-12-10-8-6-4-2/h16,18,31-32,36,38,44,46,49-50,53-54H,3-15,17,19-30,33-35,37,39-43,45,47-48H2,1-2H3,(H,52,55)/b18-16-,32-31+,38-36+,46-44+. The first kappa shape index (κ1) is 53.4. The predicted molar refractivity (Wildman–Crippen MR) is 244 cm³/mol. The van der Waals surface area contributed by atoms with Gasteiger partial charge in [0.05, 0.1) is 18.8 Å². The third kappa shape index (κ3) is 43.3. The second kappa shape index (κ2) is 46.7. The van der Waals surface area contributed by atoms with Crippen LogP contribution in [0.15, 0.2) is 48.6 Å². The van der Waals surface area contributed by atoms with Gasteiger partial charge in [-0.05, 0) is 70.6 Å². The highest BCUT2D eigenvalue weighted by Gasteiger charge is 2.17. The molecule has 0 spiro atoms. The number of allylic oxidation sites excluding steroid dienone is 7. The summed E-state index contributed by atoms with van der Waals surface area (Å²) in [5, 5.41) is 23.0. The molecule has 3 N–H and O–H groups in total. The molecule has 55 heavy (non-hydrogen) atoms. The van der Waals surface area contributed by atoms with E-state index in [4.69, 9.17) is 0 Å². The van der Waals surface area contributed by atoms with E-state index in [2.05, 4.69) is 55.6 Å². The molecular formula is C51H95NO3. The van der Waals surface area contributed by atoms with Crippen molar-refractivity contribution in [3.05, 3.63) is 48.6 Å². The molecular weight excluding hydrogens is 675 g/mol. The van der Waals surface area contributed by atoms with Crippen LogP contribution in [0.4, 0.5) is 0 Å². The third-order valence-corrected chi connectivity index (χ3v) is 11.0. The average molecular weight is 770 g/mol. The Morgan fingerprint density at radius 1 is 0.418 bits per heavy atom. The number of rotatable bonds is 44. The number of unbranched alkanes of at least 4 members (excludes halogenated alkanes) is 31. The van der Waals surface area contributed by atoms with Crippen LogP contribution >= 0.6 is 0 Å². The van der Waals surface area contributed by atoms with Crippen molar-refractivity contribution in [1.82, 2.24) is 5.32 Å². The van der Waals surface area contributed by atoms with Gasteiger partial charge >= 0.3 is 0 Å². The number of hydrogen-bond acceptors (Lipinski definition) is 3. The van der Waals surface area contributed by atoms with E-state index in [9.17, 15) is 15.0 Å². The number of aliphatic hydroxyl groups excluding tert-OH is 2. The van der Waals surface area contributed by atoms with Crippen LogP contribution in [-0.2, 0) is 4.79 Å². The van der Waals surface area contributed by atoms with Gasteiger partial charge < -0.3 is 15.5 Å². The normalized spacial score (nSPS) is 13.3. The topological polar surface area (TPSA) is 69.6 Å². The van der Waals surface area contributed by atoms with Crippen molar-refractivity contribution in [1.29, 1.82) is 0 Å². The minimum absolute atomic E-state index is 0.0871. The fourth-order valence-electron chi connectivity index (χ4n) is 7.26. The maximum atomic E-state index is 12.4. The number of carbonyl (C=O) groups excluding carboxylic acids is 1. The van der Waals surface area contributed by atoms with Crippen molar-refractivity contribution in [2.24, 2.45) is 0 Å². The summed E-state index contributed by atoms with van der Waals surface area (Å²) in [5.74, 6) is -0.0871. The molecule has 0 aliphatic rings. The number of carbonyl (C=O) groups is 1. The molecule has 4 heteroatoms. The van der Waals surface area contributed by atoms with Crippen LogP contribution in [0.5, 0.6) is 0 Å². The molecule has 0 aliphatic carbocycles. The molecule has 0 aromatic carbocycles. The fraction of sp³-hybridized carbons (Fsp3) is 0.824. The first-order valence-electron chi connectivity index (χ1n) is 24.4. The van der Waals surface area contributed by atoms with Gasteiger partial charge in [-0.3, -0.25) is 4.79 Å². The molecule has 0 heterocycles. The second-order valence-electron chi connectivity index (χ2n) is 16.5. The second-order valence-corrected chi connectivity index (χ2v) is 16.5. The zero-order chi connectivity index (χ0) is 40.0. The van der Waals surface area contributed by atoms with Crippen LogP contribution in [0.3, 0.4) is 0 Å². The molecule has 322 valence electrons. The lowest BCUT2D eigenvalue weighted by atomic mass is 10.0. The molecule has 4 nitrogen and oxygen atoms in total. The summed E-state index contributed by atoms with van der Waals surface area (Å²) in [6, 6.07) is -0.650. The first-order valence-corrected chi connectivity index (χ1v) is 24.4. The Morgan fingerprint density at radius 3 is 1.05 bits per heavy atom. The molecule has 0 rings (SSSR count). The molecule has 0 aromatic rings. The van der Waals surface area contributed by atoms with Gasteiger partial charge in [0.1, 0.15) is 0 Å². The Morgan fingerprint density at radius 2 is 0.709 bits per heavy atom. The van der Waals surface area contributed by atoms with Gasteiger partial charge in [-0.2, -0.15) is 0 Å². The molecule has 0 aliphatic heterocycles. The van der Waals surface area contributed by atoms with Gasteiger partial charge in [0.15, 0.2) is 0 Å². The highest BCUT2D eigenvalue weighted by molar-refractivity contribution is 5.76. The molecule has 0 saturated heterocycles. The van der Waals surface area contributed by atoms with E-state index in [0.717, 1.165) is 51.4 Å². The van der Waals surface area contributed by atoms with Crippen LogP contribution in [0, 0.1) is 0 Å². The van der Waals surface area contributed by atoms with Crippen molar-refractivity contribution >= 4 is 5.91 Å². The summed E-state index contributed by atoms with van der Waals surface area (Å²) < 4.78 is 0. The summed E-state index contributed by atoms with van der Waals surface area (Å²) in [7, 11) is 0. The number of aliphatic hydroxyl groups is 2. The maximum absolute atomic E-state index is 12.4. The lowest BCUT2D eigenvalue weighted by Gasteiger charge is -2.19. The van der Waals surface area contributed by atoms with Crippen LogP contribution in [0.25, 0.3) is 0 Å². The van der Waals surface area contributed by atoms with Gasteiger partial charge in [-0.15, -0.1) is 0 Å². The summed E-state index contributed by atoms with van der Waals surface area (Å²) in [6.45, 7) is 4.29. The van der Waals surface area contributed by atoms with Crippen molar-refractivity contribution < 1.29 is 15.0 Å². The quantitative estimate of drug-likeness (QED) is 0.0427. The minimum atomic E-state index is -0.874. The molecule has 0 aromatic heterocycles. The highest BCUT2D eigenvalue weighted by atomic mass is 16.3. The van der Waals surface area contributed by atoms with E-state index in [0.29, 0.717) is 6.42 Å². The molecule has 0 radical (unpaired) electrons. The van der Waals surface area contributed by atoms with E-state index in [1.165, 1.54) is 180 Å². The molecule has 0 saturated carbocycles. The van der Waals surface area contributed by atoms with Gasteiger partial charge in [0.25, 0.3) is 0 Å². The van der Waals surface area contributed by atoms with E-state index < -0.39 is 12.1 Å². The Bertz CT molecular complexity index is 877. The Hall–Kier alpha value is -1.65. The molecule has 0 bridgehead atoms. The largest absolute Gasteiger partial charge is 0.394 e. The Balaban J connectivity index is 3.58. The minimum Gasteiger partial charge on any atom is -0.394 e. The summed E-state index contributed by atoms with van der Waals surface area (Å²) in [6.07, 6.45) is 63.9. The summed E-state index contributed by atoms with van der Waals surface area (Å²) in [5.41, 5.74) is 0. The van der Waals surface area contributed by atoms with Gasteiger partial charge in [-0.25, -0.2) is 0 Å². The monoisotopic (exact) mass is 770 g/mol. The lowest BCUT2D eigenvalue weighted by molar-refractivity contribution is -0.123. The van der Waals surface area contributed by atoms with E-state index in [1.807, 2.05) is 6.08 Å². The van der Waals surface area contributed by atoms with E-state index in [-0.39, 0.29) is 12.5 Å². The Kier molecular flexibility index (Phi) is 45.3. The zero-order valence-corrected chi connectivity index (χ0v) is 36.9.